The molecule has 144 valence electrons. The lowest BCUT2D eigenvalue weighted by Gasteiger charge is -2.29. The number of aromatic amines is 1. The highest BCUT2D eigenvalue weighted by Crippen LogP contribution is 2.49. The number of ketones is 1. The Labute approximate surface area is 160 Å². The lowest BCUT2D eigenvalue weighted by atomic mass is 9.73. The van der Waals surface area contributed by atoms with Crippen LogP contribution < -0.4 is 4.74 Å². The molecule has 0 saturated heterocycles. The number of H-pyrrole nitrogens is 1. The molecule has 1 saturated carbocycles. The average molecular weight is 368 g/mol. The maximum Gasteiger partial charge on any atom is 0.174 e. The maximum absolute atomic E-state index is 13.0. The molecule has 2 aromatic rings. The minimum Gasteiger partial charge on any atom is -0.494 e. The van der Waals surface area contributed by atoms with Crippen molar-refractivity contribution in [1.82, 2.24) is 20.6 Å². The van der Waals surface area contributed by atoms with Gasteiger partial charge in [-0.25, -0.2) is 0 Å². The van der Waals surface area contributed by atoms with E-state index < -0.39 is 0 Å². The molecule has 27 heavy (non-hydrogen) atoms. The molecule has 1 aromatic heterocycles. The molecule has 1 aromatic carbocycles. The molecule has 1 atom stereocenters. The van der Waals surface area contributed by atoms with Crippen molar-refractivity contribution < 1.29 is 9.53 Å². The predicted octanol–water partition coefficient (Wildman–Crippen LogP) is 3.93. The van der Waals surface area contributed by atoms with Gasteiger partial charge in [-0.1, -0.05) is 25.0 Å². The first-order valence-electron chi connectivity index (χ1n) is 10.2. The van der Waals surface area contributed by atoms with E-state index in [1.54, 1.807) is 0 Å². The molecular formula is C21H28N4O2. The number of rotatable bonds is 8. The Morgan fingerprint density at radius 3 is 2.85 bits per heavy atom. The molecule has 6 heteroatoms. The normalized spacial score (nSPS) is 22.3. The molecule has 2 aliphatic rings. The maximum atomic E-state index is 13.0. The molecule has 0 amide bonds. The van der Waals surface area contributed by atoms with Gasteiger partial charge >= 0.3 is 0 Å². The molecule has 0 bridgehead atoms. The minimum absolute atomic E-state index is 0.202. The largest absolute Gasteiger partial charge is 0.494 e. The first-order valence-corrected chi connectivity index (χ1v) is 10.2. The second-order valence-corrected chi connectivity index (χ2v) is 8.21. The number of benzene rings is 1. The van der Waals surface area contributed by atoms with Gasteiger partial charge in [0.2, 0.25) is 0 Å². The smallest absolute Gasteiger partial charge is 0.174 e. The standard InChI is InChI=1S/C21H28N4O2/c1-21(16-7-4-5-8-16)14-15-13-17(10-11-18(15)20(21)26)27-12-6-2-3-9-19-22-24-25-23-19/h10-11,13,16H,2-9,12,14H2,1H3,(H,22,23,24,25). The van der Waals surface area contributed by atoms with Gasteiger partial charge in [0.1, 0.15) is 5.75 Å². The first kappa shape index (κ1) is 18.1. The highest BCUT2D eigenvalue weighted by Gasteiger charge is 2.47. The van der Waals surface area contributed by atoms with Crippen LogP contribution in [-0.2, 0) is 12.8 Å². The summed E-state index contributed by atoms with van der Waals surface area (Å²) in [5, 5.41) is 13.9. The third-order valence-corrected chi connectivity index (χ3v) is 6.36. The van der Waals surface area contributed by atoms with E-state index >= 15 is 0 Å². The van der Waals surface area contributed by atoms with E-state index in [0.717, 1.165) is 49.2 Å². The molecule has 1 fully saturated rings. The van der Waals surface area contributed by atoms with Gasteiger partial charge in [0, 0.05) is 17.4 Å². The molecule has 1 heterocycles. The number of unbranched alkanes of at least 4 members (excludes halogenated alkanes) is 2. The molecule has 0 radical (unpaired) electrons. The number of aromatic nitrogens is 4. The third-order valence-electron chi connectivity index (χ3n) is 6.36. The molecule has 6 nitrogen and oxygen atoms in total. The monoisotopic (exact) mass is 368 g/mol. The summed E-state index contributed by atoms with van der Waals surface area (Å²) in [4.78, 5) is 13.0. The van der Waals surface area contributed by atoms with E-state index in [1.165, 1.54) is 31.2 Å². The van der Waals surface area contributed by atoms with E-state index in [2.05, 4.69) is 33.6 Å². The fourth-order valence-corrected chi connectivity index (χ4v) is 4.74. The van der Waals surface area contributed by atoms with Crippen molar-refractivity contribution in [3.8, 4) is 5.75 Å². The Balaban J connectivity index is 1.27. The quantitative estimate of drug-likeness (QED) is 0.714. The van der Waals surface area contributed by atoms with Crippen LogP contribution >= 0.6 is 0 Å². The van der Waals surface area contributed by atoms with E-state index in [1.807, 2.05) is 12.1 Å². The highest BCUT2D eigenvalue weighted by molar-refractivity contribution is 6.05. The average Bonchev–Trinajstić information content (AvgIpc) is 3.41. The van der Waals surface area contributed by atoms with Gasteiger partial charge in [-0.2, -0.15) is 5.21 Å². The van der Waals surface area contributed by atoms with Crippen LogP contribution in [0, 0.1) is 11.3 Å². The van der Waals surface area contributed by atoms with Crippen LogP contribution in [0.1, 0.15) is 73.6 Å². The summed E-state index contributed by atoms with van der Waals surface area (Å²) in [5.74, 6) is 2.54. The molecule has 1 N–H and O–H groups in total. The summed E-state index contributed by atoms with van der Waals surface area (Å²) in [6.07, 6.45) is 9.74. The number of aryl methyl sites for hydroxylation is 1. The Bertz CT molecular complexity index is 783. The van der Waals surface area contributed by atoms with E-state index in [9.17, 15) is 4.79 Å². The van der Waals surface area contributed by atoms with Crippen molar-refractivity contribution in [1.29, 1.82) is 0 Å². The fraction of sp³-hybridized carbons (Fsp3) is 0.619. The Hall–Kier alpha value is -2.24. The van der Waals surface area contributed by atoms with Crippen molar-refractivity contribution in [2.75, 3.05) is 6.61 Å². The summed E-state index contributed by atoms with van der Waals surface area (Å²) < 4.78 is 5.94. The van der Waals surface area contributed by atoms with Gasteiger partial charge in [0.05, 0.1) is 6.61 Å². The van der Waals surface area contributed by atoms with Crippen LogP contribution in [0.3, 0.4) is 0 Å². The number of Topliss-reactive ketones (excluding diaryl/α,β-unsaturated/α-hetero) is 1. The van der Waals surface area contributed by atoms with E-state index in [4.69, 9.17) is 4.74 Å². The second kappa shape index (κ2) is 7.79. The number of nitrogens with one attached hydrogen (secondary N) is 1. The van der Waals surface area contributed by atoms with Crippen molar-refractivity contribution in [3.63, 3.8) is 0 Å². The zero-order chi connectivity index (χ0) is 18.7. The zero-order valence-electron chi connectivity index (χ0n) is 16.0. The lowest BCUT2D eigenvalue weighted by Crippen LogP contribution is -2.31. The Morgan fingerprint density at radius 1 is 1.22 bits per heavy atom. The summed E-state index contributed by atoms with van der Waals surface area (Å²) >= 11 is 0. The summed E-state index contributed by atoms with van der Waals surface area (Å²) in [6.45, 7) is 2.87. The predicted molar refractivity (Wildman–Crippen MR) is 102 cm³/mol. The van der Waals surface area contributed by atoms with Gasteiger partial charge < -0.3 is 4.74 Å². The van der Waals surface area contributed by atoms with Gasteiger partial charge in [-0.05, 0) is 68.2 Å². The topological polar surface area (TPSA) is 80.8 Å². The third kappa shape index (κ3) is 3.75. The van der Waals surface area contributed by atoms with Gasteiger partial charge in [-0.3, -0.25) is 4.79 Å². The highest BCUT2D eigenvalue weighted by atomic mass is 16.5. The minimum atomic E-state index is -0.202. The molecule has 4 rings (SSSR count). The summed E-state index contributed by atoms with van der Waals surface area (Å²) in [6, 6.07) is 6.02. The number of carbonyl (C=O) groups excluding carboxylic acids is 1. The molecule has 2 aliphatic carbocycles. The van der Waals surface area contributed by atoms with Gasteiger partial charge in [-0.15, -0.1) is 10.2 Å². The first-order chi connectivity index (χ1) is 13.2. The number of ether oxygens (including phenoxy) is 1. The van der Waals surface area contributed by atoms with Crippen LogP contribution in [0.5, 0.6) is 5.75 Å². The lowest BCUT2D eigenvalue weighted by molar-refractivity contribution is 0.0744. The van der Waals surface area contributed by atoms with E-state index in [0.29, 0.717) is 18.3 Å². The summed E-state index contributed by atoms with van der Waals surface area (Å²) in [7, 11) is 0. The second-order valence-electron chi connectivity index (χ2n) is 8.21. The summed E-state index contributed by atoms with van der Waals surface area (Å²) in [5.41, 5.74) is 1.88. The van der Waals surface area contributed by atoms with Crippen LogP contribution in [0.15, 0.2) is 18.2 Å². The zero-order valence-corrected chi connectivity index (χ0v) is 16.0. The van der Waals surface area contributed by atoms with Crippen molar-refractivity contribution >= 4 is 5.78 Å². The van der Waals surface area contributed by atoms with Crippen molar-refractivity contribution in [2.24, 2.45) is 11.3 Å². The van der Waals surface area contributed by atoms with Gasteiger partial charge in [0.15, 0.2) is 11.6 Å². The Morgan fingerprint density at radius 2 is 2.07 bits per heavy atom. The number of nitrogens with zero attached hydrogens (tertiary/aromatic N) is 3. The number of hydrogen-bond donors (Lipinski definition) is 1. The Kier molecular flexibility index (Phi) is 5.23. The van der Waals surface area contributed by atoms with E-state index in [-0.39, 0.29) is 5.41 Å². The van der Waals surface area contributed by atoms with Crippen molar-refractivity contribution in [2.45, 2.75) is 64.7 Å². The number of fused-ring (bicyclic) bond motifs is 1. The van der Waals surface area contributed by atoms with Gasteiger partial charge in [0.25, 0.3) is 0 Å². The van der Waals surface area contributed by atoms with Crippen molar-refractivity contribution in [3.05, 3.63) is 35.2 Å². The van der Waals surface area contributed by atoms with Crippen LogP contribution in [0.4, 0.5) is 0 Å². The molecule has 0 spiro atoms. The molecular weight excluding hydrogens is 340 g/mol. The van der Waals surface area contributed by atoms with Crippen LogP contribution in [0.2, 0.25) is 0 Å². The number of carbonyl (C=O) groups is 1. The fourth-order valence-electron chi connectivity index (χ4n) is 4.74. The van der Waals surface area contributed by atoms with Crippen LogP contribution in [-0.4, -0.2) is 33.0 Å². The number of tetrazole rings is 1. The SMILES string of the molecule is CC1(C2CCCC2)Cc2cc(OCCCCCc3nn[nH]n3)ccc2C1=O. The molecule has 0 aliphatic heterocycles. The number of hydrogen-bond acceptors (Lipinski definition) is 5. The molecule has 1 unspecified atom stereocenters. The van der Waals surface area contributed by atoms with Crippen LogP contribution in [0.25, 0.3) is 0 Å².